The minimum Gasteiger partial charge on any atom is -0.383 e. The van der Waals surface area contributed by atoms with E-state index in [1.807, 2.05) is 30.3 Å². The Morgan fingerprint density at radius 3 is 2.72 bits per heavy atom. The predicted octanol–water partition coefficient (Wildman–Crippen LogP) is 2.20. The molecule has 0 bridgehead atoms. The summed E-state index contributed by atoms with van der Waals surface area (Å²) >= 11 is 0. The van der Waals surface area contributed by atoms with Crippen LogP contribution >= 0.6 is 0 Å². The number of carbonyl (C=O) groups excluding carboxylic acids is 2. The van der Waals surface area contributed by atoms with Crippen molar-refractivity contribution in [1.29, 1.82) is 0 Å². The summed E-state index contributed by atoms with van der Waals surface area (Å²) in [6.07, 6.45) is 0.720. The Labute approximate surface area is 207 Å². The third kappa shape index (κ3) is 5.51. The number of carbonyl (C=O) groups is 2. The summed E-state index contributed by atoms with van der Waals surface area (Å²) in [5, 5.41) is 14.4. The number of hydrogen-bond acceptors (Lipinski definition) is 7. The summed E-state index contributed by atoms with van der Waals surface area (Å²) in [7, 11) is 3.10. The van der Waals surface area contributed by atoms with Crippen LogP contribution < -0.4 is 16.0 Å². The number of hydrogen-bond donors (Lipinski definition) is 3. The molecule has 0 saturated carbocycles. The normalized spacial score (nSPS) is 17.7. The molecule has 2 atom stereocenters. The van der Waals surface area contributed by atoms with Crippen molar-refractivity contribution in [2.45, 2.75) is 19.1 Å². The van der Waals surface area contributed by atoms with E-state index in [2.05, 4.69) is 26.0 Å². The molecule has 1 aromatic carbocycles. The molecule has 36 heavy (non-hydrogen) atoms. The highest BCUT2D eigenvalue weighted by molar-refractivity contribution is 5.97. The minimum absolute atomic E-state index is 0.191. The second-order valence-corrected chi connectivity index (χ2v) is 8.17. The summed E-state index contributed by atoms with van der Waals surface area (Å²) in [5.41, 5.74) is 1.91. The quantitative estimate of drug-likeness (QED) is 0.408. The molecule has 3 aromatic rings. The number of hydroxylamine groups is 2. The number of para-hydroxylation sites is 1. The van der Waals surface area contributed by atoms with Crippen molar-refractivity contribution in [2.75, 3.05) is 39.2 Å². The number of pyridine rings is 1. The van der Waals surface area contributed by atoms with Crippen LogP contribution in [0.5, 0.6) is 0 Å². The van der Waals surface area contributed by atoms with Gasteiger partial charge in [-0.2, -0.15) is 14.6 Å². The first-order chi connectivity index (χ1) is 17.4. The Morgan fingerprint density at radius 1 is 1.25 bits per heavy atom. The van der Waals surface area contributed by atoms with Crippen LogP contribution in [-0.4, -0.2) is 71.7 Å². The highest BCUT2D eigenvalue weighted by Crippen LogP contribution is 2.30. The Kier molecular flexibility index (Phi) is 7.88. The fourth-order valence-electron chi connectivity index (χ4n) is 3.98. The van der Waals surface area contributed by atoms with Crippen LogP contribution in [0.2, 0.25) is 0 Å². The van der Waals surface area contributed by atoms with E-state index in [-0.39, 0.29) is 11.6 Å². The standard InChI is InChI=1S/C24H28FN7O4/c1-15-20(23(33)26-2)30-32(17-7-5-4-6-8-17)22(15)29-24(34)28-18-14-31(11-12-35-3)36-21(18)16-9-10-27-19(25)13-16/h4-10,13,18,21H,11-12,14H2,1-3H3,(H,26,33)(H2,28,29,34)/t18-,21+/m1/s1. The monoisotopic (exact) mass is 497 g/mol. The number of amides is 3. The van der Waals surface area contributed by atoms with Gasteiger partial charge >= 0.3 is 6.03 Å². The maximum atomic E-state index is 13.8. The van der Waals surface area contributed by atoms with Gasteiger partial charge in [-0.25, -0.2) is 14.5 Å². The van der Waals surface area contributed by atoms with E-state index in [4.69, 9.17) is 9.57 Å². The third-order valence-corrected chi connectivity index (χ3v) is 5.77. The first kappa shape index (κ1) is 25.2. The van der Waals surface area contributed by atoms with E-state index in [1.54, 1.807) is 25.2 Å². The molecule has 0 radical (unpaired) electrons. The SMILES string of the molecule is CNC(=O)c1nn(-c2ccccc2)c(NC(=O)N[C@@H]2CN(CCOC)O[C@H]2c2ccnc(F)c2)c1C. The lowest BCUT2D eigenvalue weighted by molar-refractivity contribution is -0.154. The molecule has 3 heterocycles. The molecular weight excluding hydrogens is 469 g/mol. The number of nitrogens with zero attached hydrogens (tertiary/aromatic N) is 4. The number of halogens is 1. The Balaban J connectivity index is 1.58. The molecule has 1 aliphatic rings. The van der Waals surface area contributed by atoms with Crippen molar-refractivity contribution >= 4 is 17.8 Å². The number of benzene rings is 1. The lowest BCUT2D eigenvalue weighted by atomic mass is 10.0. The molecule has 0 aliphatic carbocycles. The highest BCUT2D eigenvalue weighted by atomic mass is 19.1. The number of ether oxygens (including phenoxy) is 1. The lowest BCUT2D eigenvalue weighted by Gasteiger charge is -2.19. The fourth-order valence-corrected chi connectivity index (χ4v) is 3.98. The number of rotatable bonds is 8. The topological polar surface area (TPSA) is 123 Å². The van der Waals surface area contributed by atoms with Gasteiger partial charge in [0.1, 0.15) is 11.9 Å². The van der Waals surface area contributed by atoms with Gasteiger partial charge in [0, 0.05) is 39.0 Å². The van der Waals surface area contributed by atoms with Gasteiger partial charge in [0.2, 0.25) is 5.95 Å². The zero-order chi connectivity index (χ0) is 25.7. The molecule has 1 saturated heterocycles. The second kappa shape index (κ2) is 11.2. The van der Waals surface area contributed by atoms with Crippen LogP contribution in [0.4, 0.5) is 15.0 Å². The lowest BCUT2D eigenvalue weighted by Crippen LogP contribution is -2.42. The predicted molar refractivity (Wildman–Crippen MR) is 129 cm³/mol. The smallest absolute Gasteiger partial charge is 0.320 e. The van der Waals surface area contributed by atoms with E-state index >= 15 is 0 Å². The molecule has 12 heteroatoms. The summed E-state index contributed by atoms with van der Waals surface area (Å²) in [4.78, 5) is 35.1. The van der Waals surface area contributed by atoms with Crippen molar-refractivity contribution < 1.29 is 23.6 Å². The Bertz CT molecular complexity index is 1220. The zero-order valence-electron chi connectivity index (χ0n) is 20.2. The fraction of sp³-hybridized carbons (Fsp3) is 0.333. The Hall–Kier alpha value is -3.87. The number of methoxy groups -OCH3 is 1. The number of urea groups is 1. The molecule has 2 aromatic heterocycles. The first-order valence-corrected chi connectivity index (χ1v) is 11.4. The van der Waals surface area contributed by atoms with Gasteiger partial charge in [-0.05, 0) is 36.8 Å². The summed E-state index contributed by atoms with van der Waals surface area (Å²) in [6, 6.07) is 11.0. The molecule has 0 unspecified atom stereocenters. The van der Waals surface area contributed by atoms with Crippen molar-refractivity contribution in [2.24, 2.45) is 0 Å². The zero-order valence-corrected chi connectivity index (χ0v) is 20.2. The summed E-state index contributed by atoms with van der Waals surface area (Å²) < 4.78 is 20.4. The molecular formula is C24H28FN7O4. The molecule has 1 aliphatic heterocycles. The van der Waals surface area contributed by atoms with Crippen molar-refractivity contribution in [3.63, 3.8) is 0 Å². The van der Waals surface area contributed by atoms with E-state index in [0.717, 1.165) is 0 Å². The van der Waals surface area contributed by atoms with Crippen LogP contribution in [0.25, 0.3) is 5.69 Å². The van der Waals surface area contributed by atoms with Gasteiger partial charge < -0.3 is 15.4 Å². The van der Waals surface area contributed by atoms with Gasteiger partial charge in [-0.15, -0.1) is 0 Å². The van der Waals surface area contributed by atoms with Gasteiger partial charge in [-0.1, -0.05) is 18.2 Å². The van der Waals surface area contributed by atoms with Crippen LogP contribution in [0.15, 0.2) is 48.7 Å². The summed E-state index contributed by atoms with van der Waals surface area (Å²) in [6.45, 7) is 2.95. The van der Waals surface area contributed by atoms with Crippen molar-refractivity contribution in [3.05, 3.63) is 71.4 Å². The molecule has 3 amide bonds. The van der Waals surface area contributed by atoms with Gasteiger partial charge in [0.25, 0.3) is 5.91 Å². The molecule has 11 nitrogen and oxygen atoms in total. The van der Waals surface area contributed by atoms with E-state index < -0.39 is 24.1 Å². The molecule has 3 N–H and O–H groups in total. The molecule has 190 valence electrons. The summed E-state index contributed by atoms with van der Waals surface area (Å²) in [5.74, 6) is -0.666. The van der Waals surface area contributed by atoms with Crippen LogP contribution in [0.1, 0.15) is 27.7 Å². The van der Waals surface area contributed by atoms with Gasteiger partial charge in [0.15, 0.2) is 5.69 Å². The average Bonchev–Trinajstić information content (AvgIpc) is 3.43. The van der Waals surface area contributed by atoms with Gasteiger partial charge in [-0.3, -0.25) is 14.9 Å². The van der Waals surface area contributed by atoms with Crippen LogP contribution in [0.3, 0.4) is 0 Å². The minimum atomic E-state index is -0.640. The maximum Gasteiger partial charge on any atom is 0.320 e. The molecule has 0 spiro atoms. The second-order valence-electron chi connectivity index (χ2n) is 8.17. The largest absolute Gasteiger partial charge is 0.383 e. The van der Waals surface area contributed by atoms with E-state index in [9.17, 15) is 14.0 Å². The van der Waals surface area contributed by atoms with Crippen LogP contribution in [0, 0.1) is 12.9 Å². The van der Waals surface area contributed by atoms with Gasteiger partial charge in [0.05, 0.1) is 18.3 Å². The highest BCUT2D eigenvalue weighted by Gasteiger charge is 2.37. The number of aromatic nitrogens is 3. The maximum absolute atomic E-state index is 13.8. The van der Waals surface area contributed by atoms with Crippen molar-refractivity contribution in [1.82, 2.24) is 30.5 Å². The average molecular weight is 498 g/mol. The number of nitrogens with one attached hydrogen (secondary N) is 3. The molecule has 4 rings (SSSR count). The Morgan fingerprint density at radius 2 is 2.03 bits per heavy atom. The molecule has 1 fully saturated rings. The van der Waals surface area contributed by atoms with E-state index in [0.29, 0.717) is 42.3 Å². The van der Waals surface area contributed by atoms with E-state index in [1.165, 1.54) is 24.0 Å². The third-order valence-electron chi connectivity index (χ3n) is 5.77. The van der Waals surface area contributed by atoms with Crippen LogP contribution in [-0.2, 0) is 9.57 Å². The van der Waals surface area contributed by atoms with Crippen molar-refractivity contribution in [3.8, 4) is 5.69 Å². The first-order valence-electron chi connectivity index (χ1n) is 11.4. The number of anilines is 1.